The lowest BCUT2D eigenvalue weighted by atomic mass is 10.4. The van der Waals surface area contributed by atoms with Crippen molar-refractivity contribution in [1.82, 2.24) is 25.4 Å². The smallest absolute Gasteiger partial charge is 0.322 e. The summed E-state index contributed by atoms with van der Waals surface area (Å²) in [6, 6.07) is 2.41. The van der Waals surface area contributed by atoms with E-state index in [1.807, 2.05) is 6.92 Å². The lowest BCUT2D eigenvalue weighted by molar-refractivity contribution is 0.101. The molecule has 106 valence electrons. The number of nitrogens with one attached hydrogen (secondary N) is 2. The average Bonchev–Trinajstić information content (AvgIpc) is 3.08. The molecule has 0 bridgehead atoms. The van der Waals surface area contributed by atoms with Crippen LogP contribution in [0.5, 0.6) is 0 Å². The molecule has 0 aromatic carbocycles. The van der Waals surface area contributed by atoms with E-state index in [1.54, 1.807) is 5.38 Å². The van der Waals surface area contributed by atoms with Crippen LogP contribution in [0.3, 0.4) is 0 Å². The fraction of sp³-hybridized carbons (Fsp3) is 0.0909. The number of aromatic nitrogens is 5. The fourth-order valence-corrected chi connectivity index (χ4v) is 2.06. The Morgan fingerprint density at radius 3 is 2.90 bits per heavy atom. The van der Waals surface area contributed by atoms with Crippen LogP contribution in [0.15, 0.2) is 26.7 Å². The molecule has 0 radical (unpaired) electrons. The van der Waals surface area contributed by atoms with Gasteiger partial charge in [0.05, 0.1) is 5.01 Å². The van der Waals surface area contributed by atoms with Gasteiger partial charge in [0.2, 0.25) is 0 Å². The highest BCUT2D eigenvalue weighted by Gasteiger charge is 2.15. The lowest BCUT2D eigenvalue weighted by Gasteiger charge is -1.97. The number of carbonyl (C=O) groups is 1. The third kappa shape index (κ3) is 2.84. The van der Waals surface area contributed by atoms with Crippen molar-refractivity contribution in [3.8, 4) is 11.6 Å². The number of H-pyrrole nitrogens is 1. The average molecular weight is 304 g/mol. The lowest BCUT2D eigenvalue weighted by Crippen LogP contribution is -2.17. The highest BCUT2D eigenvalue weighted by molar-refractivity contribution is 7.09. The van der Waals surface area contributed by atoms with Gasteiger partial charge >= 0.3 is 6.01 Å². The molecular weight excluding hydrogens is 296 g/mol. The molecule has 21 heavy (non-hydrogen) atoms. The van der Waals surface area contributed by atoms with E-state index >= 15 is 0 Å². The second-order valence-electron chi connectivity index (χ2n) is 3.92. The topological polar surface area (TPSA) is 127 Å². The summed E-state index contributed by atoms with van der Waals surface area (Å²) < 4.78 is 5.29. The first-order chi connectivity index (χ1) is 10.1. The molecule has 3 rings (SSSR count). The summed E-state index contributed by atoms with van der Waals surface area (Å²) in [5, 5.41) is 18.3. The molecule has 3 aromatic heterocycles. The monoisotopic (exact) mass is 304 g/mol. The highest BCUT2D eigenvalue weighted by atomic mass is 32.1. The zero-order valence-corrected chi connectivity index (χ0v) is 11.5. The SMILES string of the molecule is Cc1nc(-c2nnc(NC(=O)c3ccc(=O)[nH]n3)o2)cs1. The predicted molar refractivity (Wildman–Crippen MR) is 73.0 cm³/mol. The molecule has 0 aliphatic heterocycles. The number of hydrogen-bond acceptors (Lipinski definition) is 8. The predicted octanol–water partition coefficient (Wildman–Crippen LogP) is 0.837. The van der Waals surface area contributed by atoms with E-state index in [0.29, 0.717) is 5.69 Å². The maximum atomic E-state index is 11.8. The van der Waals surface area contributed by atoms with E-state index < -0.39 is 11.5 Å². The summed E-state index contributed by atoms with van der Waals surface area (Å²) in [4.78, 5) is 26.9. The third-order valence-electron chi connectivity index (χ3n) is 2.40. The van der Waals surface area contributed by atoms with Gasteiger partial charge in [-0.15, -0.1) is 16.4 Å². The van der Waals surface area contributed by atoms with Gasteiger partial charge in [-0.25, -0.2) is 10.1 Å². The van der Waals surface area contributed by atoms with Crippen LogP contribution in [0.2, 0.25) is 0 Å². The van der Waals surface area contributed by atoms with Crippen molar-refractivity contribution < 1.29 is 9.21 Å². The second kappa shape index (κ2) is 5.25. The van der Waals surface area contributed by atoms with Gasteiger partial charge < -0.3 is 4.42 Å². The van der Waals surface area contributed by atoms with Crippen LogP contribution in [0.1, 0.15) is 15.5 Å². The van der Waals surface area contributed by atoms with Gasteiger partial charge in [0.25, 0.3) is 17.4 Å². The van der Waals surface area contributed by atoms with Gasteiger partial charge in [0.15, 0.2) is 0 Å². The van der Waals surface area contributed by atoms with E-state index in [2.05, 4.69) is 30.7 Å². The summed E-state index contributed by atoms with van der Waals surface area (Å²) in [6.07, 6.45) is 0. The molecule has 2 N–H and O–H groups in total. The molecule has 0 spiro atoms. The van der Waals surface area contributed by atoms with Crippen LogP contribution in [-0.4, -0.2) is 31.3 Å². The van der Waals surface area contributed by atoms with Crippen molar-refractivity contribution in [2.75, 3.05) is 5.32 Å². The van der Waals surface area contributed by atoms with Crippen molar-refractivity contribution in [2.24, 2.45) is 0 Å². The minimum atomic E-state index is -0.573. The maximum absolute atomic E-state index is 11.8. The van der Waals surface area contributed by atoms with E-state index in [1.165, 1.54) is 23.5 Å². The molecule has 1 amide bonds. The van der Waals surface area contributed by atoms with Crippen molar-refractivity contribution >= 4 is 23.3 Å². The first-order valence-corrected chi connectivity index (χ1v) is 6.63. The van der Waals surface area contributed by atoms with Crippen LogP contribution in [-0.2, 0) is 0 Å². The molecule has 0 saturated carbocycles. The Morgan fingerprint density at radius 1 is 1.38 bits per heavy atom. The van der Waals surface area contributed by atoms with Gasteiger partial charge in [-0.2, -0.15) is 5.10 Å². The first kappa shape index (κ1) is 13.1. The molecule has 0 aliphatic carbocycles. The minimum Gasteiger partial charge on any atom is -0.401 e. The Morgan fingerprint density at radius 2 is 2.24 bits per heavy atom. The number of amides is 1. The second-order valence-corrected chi connectivity index (χ2v) is 4.99. The summed E-state index contributed by atoms with van der Waals surface area (Å²) in [5.74, 6) is -0.361. The zero-order valence-electron chi connectivity index (χ0n) is 10.7. The van der Waals surface area contributed by atoms with Gasteiger partial charge in [-0.3, -0.25) is 14.9 Å². The van der Waals surface area contributed by atoms with Crippen LogP contribution in [0.4, 0.5) is 6.01 Å². The number of thiazole rings is 1. The quantitative estimate of drug-likeness (QED) is 0.733. The summed E-state index contributed by atoms with van der Waals surface area (Å²) >= 11 is 1.45. The summed E-state index contributed by atoms with van der Waals surface area (Å²) in [5.41, 5.74) is 0.178. The van der Waals surface area contributed by atoms with E-state index in [0.717, 1.165) is 5.01 Å². The van der Waals surface area contributed by atoms with Crippen molar-refractivity contribution in [3.63, 3.8) is 0 Å². The van der Waals surface area contributed by atoms with Gasteiger partial charge in [0, 0.05) is 11.4 Å². The Labute approximate surface area is 121 Å². The number of aromatic amines is 1. The molecular formula is C11H8N6O3S. The standard InChI is InChI=1S/C11H8N6O3S/c1-5-12-7(4-21-5)10-16-17-11(20-10)13-9(19)6-2-3-8(18)15-14-6/h2-4H,1H3,(H,15,18)(H,13,17,19). The van der Waals surface area contributed by atoms with Crippen LogP contribution < -0.4 is 10.9 Å². The number of aryl methyl sites for hydroxylation is 1. The Balaban J connectivity index is 1.76. The van der Waals surface area contributed by atoms with E-state index in [4.69, 9.17) is 4.42 Å². The Bertz CT molecular complexity index is 831. The molecule has 9 nitrogen and oxygen atoms in total. The Hall–Kier alpha value is -2.88. The van der Waals surface area contributed by atoms with E-state index in [-0.39, 0.29) is 17.6 Å². The first-order valence-electron chi connectivity index (χ1n) is 5.75. The van der Waals surface area contributed by atoms with Gasteiger partial charge in [0.1, 0.15) is 11.4 Å². The van der Waals surface area contributed by atoms with Crippen molar-refractivity contribution in [3.05, 3.63) is 38.6 Å². The molecule has 3 heterocycles. The molecule has 0 saturated heterocycles. The number of nitrogens with zero attached hydrogens (tertiary/aromatic N) is 4. The maximum Gasteiger partial charge on any atom is 0.322 e. The van der Waals surface area contributed by atoms with Crippen molar-refractivity contribution in [1.29, 1.82) is 0 Å². The highest BCUT2D eigenvalue weighted by Crippen LogP contribution is 2.21. The molecule has 0 aliphatic rings. The summed E-state index contributed by atoms with van der Waals surface area (Å²) in [6.45, 7) is 1.86. The van der Waals surface area contributed by atoms with Crippen molar-refractivity contribution in [2.45, 2.75) is 6.92 Å². The number of carbonyl (C=O) groups excluding carboxylic acids is 1. The molecule has 0 fully saturated rings. The number of hydrogen-bond donors (Lipinski definition) is 2. The number of anilines is 1. The van der Waals surface area contributed by atoms with Crippen LogP contribution in [0, 0.1) is 6.92 Å². The molecule has 0 unspecified atom stereocenters. The van der Waals surface area contributed by atoms with E-state index in [9.17, 15) is 9.59 Å². The molecule has 10 heteroatoms. The normalized spacial score (nSPS) is 10.5. The third-order valence-corrected chi connectivity index (χ3v) is 3.17. The minimum absolute atomic E-state index is 0.0267. The van der Waals surface area contributed by atoms with Gasteiger partial charge in [-0.05, 0) is 13.0 Å². The fourth-order valence-electron chi connectivity index (χ4n) is 1.47. The molecule has 0 atom stereocenters. The number of rotatable bonds is 3. The molecule has 3 aromatic rings. The zero-order chi connectivity index (χ0) is 14.8. The van der Waals surface area contributed by atoms with Gasteiger partial charge in [-0.1, -0.05) is 5.10 Å². The Kier molecular flexibility index (Phi) is 3.28. The summed E-state index contributed by atoms with van der Waals surface area (Å²) in [7, 11) is 0. The van der Waals surface area contributed by atoms with Crippen LogP contribution in [0.25, 0.3) is 11.6 Å². The van der Waals surface area contributed by atoms with Crippen LogP contribution >= 0.6 is 11.3 Å². The largest absolute Gasteiger partial charge is 0.401 e.